The van der Waals surface area contributed by atoms with Gasteiger partial charge >= 0.3 is 0 Å². The third kappa shape index (κ3) is 3.74. The molecule has 1 amide bonds. The second kappa shape index (κ2) is 7.58. The van der Waals surface area contributed by atoms with Crippen LogP contribution in [0.25, 0.3) is 22.6 Å². The van der Waals surface area contributed by atoms with Crippen molar-refractivity contribution in [3.05, 3.63) is 65.9 Å². The van der Waals surface area contributed by atoms with Gasteiger partial charge in [-0.1, -0.05) is 23.7 Å². The summed E-state index contributed by atoms with van der Waals surface area (Å²) in [6.07, 6.45) is 3.17. The first kappa shape index (κ1) is 17.8. The number of halogens is 1. The number of ether oxygens (including phenoxy) is 1. The quantitative estimate of drug-likeness (QED) is 0.523. The summed E-state index contributed by atoms with van der Waals surface area (Å²) in [4.78, 5) is 20.4. The van der Waals surface area contributed by atoms with Crippen molar-refractivity contribution in [3.63, 3.8) is 0 Å². The van der Waals surface area contributed by atoms with Crippen LogP contribution in [-0.2, 0) is 4.79 Å². The molecule has 2 aromatic carbocycles. The standard InChI is InChI=1S/C20H14ClN3O4/c21-14-3-1-2-4-17(14)27-11-19(26)23-12-5-6-13(16(25)9-12)20-24-15-10-22-8-7-18(15)28-20/h1-10,25H,11H2,(H,23,26). The number of hydrogen-bond donors (Lipinski definition) is 2. The number of phenols is 1. The second-order valence-electron chi connectivity index (χ2n) is 5.86. The fraction of sp³-hybridized carbons (Fsp3) is 0.0500. The number of para-hydroxylation sites is 1. The van der Waals surface area contributed by atoms with E-state index >= 15 is 0 Å². The van der Waals surface area contributed by atoms with Crippen LogP contribution in [0.15, 0.2) is 65.3 Å². The highest BCUT2D eigenvalue weighted by Crippen LogP contribution is 2.32. The molecule has 0 unspecified atom stereocenters. The number of aromatic hydroxyl groups is 1. The van der Waals surface area contributed by atoms with E-state index in [0.717, 1.165) is 0 Å². The van der Waals surface area contributed by atoms with Gasteiger partial charge in [-0.2, -0.15) is 0 Å². The average Bonchev–Trinajstić information content (AvgIpc) is 3.11. The van der Waals surface area contributed by atoms with Gasteiger partial charge in [-0.3, -0.25) is 9.78 Å². The maximum atomic E-state index is 12.1. The van der Waals surface area contributed by atoms with Gasteiger partial charge in [0.2, 0.25) is 5.89 Å². The molecule has 0 saturated carbocycles. The number of nitrogens with one attached hydrogen (secondary N) is 1. The molecule has 0 aliphatic heterocycles. The molecule has 0 aliphatic carbocycles. The maximum absolute atomic E-state index is 12.1. The minimum absolute atomic E-state index is 0.0793. The predicted molar refractivity (Wildman–Crippen MR) is 104 cm³/mol. The normalized spacial score (nSPS) is 10.8. The zero-order valence-corrected chi connectivity index (χ0v) is 15.2. The lowest BCUT2D eigenvalue weighted by Gasteiger charge is -2.09. The number of amides is 1. The lowest BCUT2D eigenvalue weighted by Crippen LogP contribution is -2.20. The molecule has 2 heterocycles. The first-order valence-corrected chi connectivity index (χ1v) is 8.69. The van der Waals surface area contributed by atoms with Crippen LogP contribution < -0.4 is 10.1 Å². The highest BCUT2D eigenvalue weighted by Gasteiger charge is 2.14. The number of phenolic OH excluding ortho intramolecular Hbond substituents is 1. The molecular formula is C20H14ClN3O4. The van der Waals surface area contributed by atoms with E-state index in [0.29, 0.717) is 33.1 Å². The van der Waals surface area contributed by atoms with Gasteiger partial charge in [0.05, 0.1) is 16.8 Å². The lowest BCUT2D eigenvalue weighted by atomic mass is 10.2. The Kier molecular flexibility index (Phi) is 4.82. The zero-order chi connectivity index (χ0) is 19.5. The number of pyridine rings is 1. The number of aromatic nitrogens is 2. The van der Waals surface area contributed by atoms with Gasteiger partial charge in [-0.15, -0.1) is 0 Å². The first-order valence-electron chi connectivity index (χ1n) is 8.31. The smallest absolute Gasteiger partial charge is 0.262 e. The van der Waals surface area contributed by atoms with Gasteiger partial charge in [0.15, 0.2) is 12.2 Å². The average molecular weight is 396 g/mol. The van der Waals surface area contributed by atoms with Crippen LogP contribution in [0.4, 0.5) is 5.69 Å². The van der Waals surface area contributed by atoms with E-state index in [2.05, 4.69) is 15.3 Å². The number of hydrogen-bond acceptors (Lipinski definition) is 6. The van der Waals surface area contributed by atoms with Crippen molar-refractivity contribution in [2.75, 3.05) is 11.9 Å². The van der Waals surface area contributed by atoms with E-state index in [-0.39, 0.29) is 24.2 Å². The van der Waals surface area contributed by atoms with Crippen molar-refractivity contribution in [1.29, 1.82) is 0 Å². The van der Waals surface area contributed by atoms with Crippen molar-refractivity contribution >= 4 is 34.3 Å². The molecule has 0 fully saturated rings. The molecule has 140 valence electrons. The summed E-state index contributed by atoms with van der Waals surface area (Å²) in [5.74, 6) is 0.215. The van der Waals surface area contributed by atoms with Gasteiger partial charge in [0, 0.05) is 24.0 Å². The number of nitrogens with zero attached hydrogens (tertiary/aromatic N) is 2. The fourth-order valence-corrected chi connectivity index (χ4v) is 2.78. The van der Waals surface area contributed by atoms with Gasteiger partial charge in [0.25, 0.3) is 5.91 Å². The molecule has 0 spiro atoms. The highest BCUT2D eigenvalue weighted by atomic mass is 35.5. The summed E-state index contributed by atoms with van der Waals surface area (Å²) in [5, 5.41) is 13.4. The Hall–Kier alpha value is -3.58. The Balaban J connectivity index is 1.45. The second-order valence-corrected chi connectivity index (χ2v) is 6.27. The summed E-state index contributed by atoms with van der Waals surface area (Å²) in [6, 6.07) is 13.2. The topological polar surface area (TPSA) is 97.5 Å². The third-order valence-corrected chi connectivity index (χ3v) is 4.21. The van der Waals surface area contributed by atoms with Crippen LogP contribution in [0, 0.1) is 0 Å². The number of carbonyl (C=O) groups excluding carboxylic acids is 1. The van der Waals surface area contributed by atoms with Gasteiger partial charge in [0.1, 0.15) is 17.0 Å². The Bertz CT molecular complexity index is 1130. The summed E-state index contributed by atoms with van der Waals surface area (Å²) in [5.41, 5.74) is 1.97. The predicted octanol–water partition coefficient (Wildman–Crippen LogP) is 4.27. The van der Waals surface area contributed by atoms with Crippen molar-refractivity contribution < 1.29 is 19.1 Å². The van der Waals surface area contributed by atoms with E-state index in [1.807, 2.05) is 0 Å². The number of carbonyl (C=O) groups is 1. The van der Waals surface area contributed by atoms with Crippen LogP contribution in [-0.4, -0.2) is 27.6 Å². The molecule has 7 nitrogen and oxygen atoms in total. The minimum atomic E-state index is -0.389. The van der Waals surface area contributed by atoms with Gasteiger partial charge < -0.3 is 19.6 Å². The monoisotopic (exact) mass is 395 g/mol. The molecule has 4 aromatic rings. The molecule has 0 radical (unpaired) electrons. The lowest BCUT2D eigenvalue weighted by molar-refractivity contribution is -0.118. The Morgan fingerprint density at radius 3 is 2.86 bits per heavy atom. The van der Waals surface area contributed by atoms with Crippen LogP contribution in [0.2, 0.25) is 5.02 Å². The molecule has 2 N–H and O–H groups in total. The molecule has 0 aliphatic rings. The van der Waals surface area contributed by atoms with E-state index in [1.54, 1.807) is 54.9 Å². The van der Waals surface area contributed by atoms with Crippen molar-refractivity contribution in [2.24, 2.45) is 0 Å². The summed E-state index contributed by atoms with van der Waals surface area (Å²) in [7, 11) is 0. The largest absolute Gasteiger partial charge is 0.507 e. The van der Waals surface area contributed by atoms with Crippen molar-refractivity contribution in [2.45, 2.75) is 0 Å². The van der Waals surface area contributed by atoms with E-state index in [4.69, 9.17) is 20.8 Å². The minimum Gasteiger partial charge on any atom is -0.507 e. The number of rotatable bonds is 5. The van der Waals surface area contributed by atoms with Gasteiger partial charge in [-0.25, -0.2) is 4.98 Å². The van der Waals surface area contributed by atoms with Gasteiger partial charge in [-0.05, 0) is 24.3 Å². The highest BCUT2D eigenvalue weighted by molar-refractivity contribution is 6.32. The molecule has 0 bridgehead atoms. The number of anilines is 1. The molecule has 0 atom stereocenters. The molecule has 4 rings (SSSR count). The third-order valence-electron chi connectivity index (χ3n) is 3.90. The Morgan fingerprint density at radius 1 is 1.21 bits per heavy atom. The summed E-state index contributed by atoms with van der Waals surface area (Å²) >= 11 is 5.99. The van der Waals surface area contributed by atoms with Crippen LogP contribution >= 0.6 is 11.6 Å². The maximum Gasteiger partial charge on any atom is 0.262 e. The van der Waals surface area contributed by atoms with Crippen LogP contribution in [0.5, 0.6) is 11.5 Å². The van der Waals surface area contributed by atoms with E-state index in [1.165, 1.54) is 6.07 Å². The van der Waals surface area contributed by atoms with Crippen LogP contribution in [0.3, 0.4) is 0 Å². The van der Waals surface area contributed by atoms with Crippen molar-refractivity contribution in [1.82, 2.24) is 9.97 Å². The Labute approximate surface area is 164 Å². The molecule has 8 heteroatoms. The zero-order valence-electron chi connectivity index (χ0n) is 14.4. The Morgan fingerprint density at radius 2 is 2.07 bits per heavy atom. The summed E-state index contributed by atoms with van der Waals surface area (Å²) < 4.78 is 11.0. The first-order chi connectivity index (χ1) is 13.6. The van der Waals surface area contributed by atoms with Crippen LogP contribution in [0.1, 0.15) is 0 Å². The van der Waals surface area contributed by atoms with Crippen molar-refractivity contribution in [3.8, 4) is 23.0 Å². The molecule has 0 saturated heterocycles. The fourth-order valence-electron chi connectivity index (χ4n) is 2.59. The SMILES string of the molecule is O=C(COc1ccccc1Cl)Nc1ccc(-c2nc3cnccc3o2)c(O)c1. The molecule has 28 heavy (non-hydrogen) atoms. The molecular weight excluding hydrogens is 382 g/mol. The number of oxazole rings is 1. The number of fused-ring (bicyclic) bond motifs is 1. The number of benzene rings is 2. The van der Waals surface area contributed by atoms with E-state index < -0.39 is 0 Å². The summed E-state index contributed by atoms with van der Waals surface area (Å²) in [6.45, 7) is -0.218. The van der Waals surface area contributed by atoms with E-state index in [9.17, 15) is 9.90 Å². The molecule has 2 aromatic heterocycles.